The number of nitriles is 1. The number of hydrogen-bond donors (Lipinski definition) is 4. The third kappa shape index (κ3) is 4.05. The van der Waals surface area contributed by atoms with Gasteiger partial charge in [-0.3, -0.25) is 28.9 Å². The molecule has 12 heteroatoms. The van der Waals surface area contributed by atoms with Crippen LogP contribution in [0.4, 0.5) is 5.69 Å². The Labute approximate surface area is 255 Å². The van der Waals surface area contributed by atoms with Crippen molar-refractivity contribution in [1.29, 1.82) is 5.26 Å². The molecule has 0 aromatic heterocycles. The van der Waals surface area contributed by atoms with E-state index >= 15 is 0 Å². The Balaban J connectivity index is 1.74. The number of hydrogen-bond acceptors (Lipinski definition) is 11. The standard InChI is InChI=1S/C32H36N6O6/c1-37(2)19-12-17(11-10-16-8-6-5-7-9-16)23(39)20-18(19)13-30(35)14-32(36)26(38(3)4)25(41)21(29(34)44)27(42)31(32,15-33)28(43)22(30)24(20)40/h8,12,21-22,26,39H,5-7,9,13-14,35-36H2,1-4H3,(H2,34,44)/t21?,22?,26-,30-,31+,32-/m1/s1. The summed E-state index contributed by atoms with van der Waals surface area (Å²) in [4.78, 5) is 71.8. The molecule has 0 bridgehead atoms. The van der Waals surface area contributed by atoms with E-state index in [2.05, 4.69) is 11.8 Å². The van der Waals surface area contributed by atoms with Crippen molar-refractivity contribution in [3.05, 3.63) is 34.4 Å². The highest BCUT2D eigenvalue weighted by Crippen LogP contribution is 2.57. The summed E-state index contributed by atoms with van der Waals surface area (Å²) in [6, 6.07) is 1.91. The zero-order chi connectivity index (χ0) is 32.5. The SMILES string of the molecule is CN(C)c1cc(C#CC2=CCCCC2)c(O)c2c1C[C@@]1(N)C[C@@]3(N)[C@H](N(C)C)C(=O)C(C(N)=O)C(=O)[C@@]3(C#N)C(=O)C1C2=O. The van der Waals surface area contributed by atoms with Gasteiger partial charge in [0.1, 0.15) is 11.7 Å². The van der Waals surface area contributed by atoms with Gasteiger partial charge in [-0.1, -0.05) is 17.9 Å². The van der Waals surface area contributed by atoms with Crippen LogP contribution in [-0.4, -0.2) is 84.4 Å². The van der Waals surface area contributed by atoms with Crippen LogP contribution < -0.4 is 22.1 Å². The molecule has 12 nitrogen and oxygen atoms in total. The molecule has 7 N–H and O–H groups in total. The van der Waals surface area contributed by atoms with Crippen molar-refractivity contribution in [2.75, 3.05) is 33.1 Å². The lowest BCUT2D eigenvalue weighted by Crippen LogP contribution is -2.85. The fourth-order valence-corrected chi connectivity index (χ4v) is 7.85. The summed E-state index contributed by atoms with van der Waals surface area (Å²) >= 11 is 0. The number of fused-ring (bicyclic) bond motifs is 3. The van der Waals surface area contributed by atoms with Crippen LogP contribution in [0.15, 0.2) is 17.7 Å². The Bertz CT molecular complexity index is 1680. The fraction of sp³-hybridized carbons (Fsp3) is 0.500. The molecule has 5 rings (SSSR count). The number of phenolic OH excluding ortho intramolecular Hbond substituents is 1. The lowest BCUT2D eigenvalue weighted by atomic mass is 9.42. The number of carbonyl (C=O) groups excluding carboxylic acids is 5. The Morgan fingerprint density at radius 3 is 2.30 bits per heavy atom. The number of anilines is 1. The van der Waals surface area contributed by atoms with Crippen molar-refractivity contribution >= 4 is 34.7 Å². The number of carbonyl (C=O) groups is 5. The van der Waals surface area contributed by atoms with Crippen LogP contribution in [0, 0.1) is 40.4 Å². The maximum absolute atomic E-state index is 14.5. The van der Waals surface area contributed by atoms with E-state index in [0.717, 1.165) is 31.3 Å². The number of phenols is 1. The smallest absolute Gasteiger partial charge is 0.235 e. The van der Waals surface area contributed by atoms with E-state index in [4.69, 9.17) is 17.2 Å². The van der Waals surface area contributed by atoms with Crippen LogP contribution in [0.25, 0.3) is 0 Å². The molecular weight excluding hydrogens is 564 g/mol. The van der Waals surface area contributed by atoms with Gasteiger partial charge in [0.25, 0.3) is 0 Å². The molecule has 2 fully saturated rings. The van der Waals surface area contributed by atoms with Gasteiger partial charge in [-0.05, 0) is 69.8 Å². The molecular formula is C32H36N6O6. The summed E-state index contributed by atoms with van der Waals surface area (Å²) in [5.41, 5.74) is 14.3. The predicted molar refractivity (Wildman–Crippen MR) is 159 cm³/mol. The van der Waals surface area contributed by atoms with Gasteiger partial charge in [-0.15, -0.1) is 0 Å². The Morgan fingerprint density at radius 2 is 1.75 bits per heavy atom. The molecule has 44 heavy (non-hydrogen) atoms. The number of ketones is 4. The third-order valence-electron chi connectivity index (χ3n) is 9.70. The summed E-state index contributed by atoms with van der Waals surface area (Å²) in [6.45, 7) is 0. The number of nitrogens with zero attached hydrogens (tertiary/aromatic N) is 3. The first-order chi connectivity index (χ1) is 20.6. The van der Waals surface area contributed by atoms with Crippen LogP contribution in [-0.2, 0) is 25.6 Å². The molecule has 0 aliphatic heterocycles. The number of amides is 1. The van der Waals surface area contributed by atoms with E-state index < -0.39 is 75.6 Å². The number of primary amides is 1. The number of Topliss-reactive ketones (excluding diaryl/α,β-unsaturated/α-hetero) is 4. The zero-order valence-electron chi connectivity index (χ0n) is 25.2. The highest BCUT2D eigenvalue weighted by molar-refractivity contribution is 6.33. The van der Waals surface area contributed by atoms with E-state index in [9.17, 15) is 34.3 Å². The van der Waals surface area contributed by atoms with Gasteiger partial charge in [-0.2, -0.15) is 5.26 Å². The highest BCUT2D eigenvalue weighted by atomic mass is 16.3. The van der Waals surface area contributed by atoms with Gasteiger partial charge in [0, 0.05) is 25.3 Å². The lowest BCUT2D eigenvalue weighted by molar-refractivity contribution is -0.166. The lowest BCUT2D eigenvalue weighted by Gasteiger charge is -2.60. The van der Waals surface area contributed by atoms with Crippen molar-refractivity contribution in [3.63, 3.8) is 0 Å². The second kappa shape index (κ2) is 10.4. The first-order valence-electron chi connectivity index (χ1n) is 14.5. The predicted octanol–water partition coefficient (Wildman–Crippen LogP) is -0.274. The fourth-order valence-electron chi connectivity index (χ4n) is 7.85. The highest BCUT2D eigenvalue weighted by Gasteiger charge is 2.78. The zero-order valence-corrected chi connectivity index (χ0v) is 25.2. The molecule has 0 spiro atoms. The van der Waals surface area contributed by atoms with Crippen molar-refractivity contribution in [2.45, 2.75) is 55.6 Å². The second-order valence-corrected chi connectivity index (χ2v) is 12.9. The summed E-state index contributed by atoms with van der Waals surface area (Å²) < 4.78 is 0. The molecule has 230 valence electrons. The van der Waals surface area contributed by atoms with Crippen LogP contribution in [0.1, 0.15) is 53.6 Å². The maximum Gasteiger partial charge on any atom is 0.235 e. The van der Waals surface area contributed by atoms with Crippen LogP contribution in [0.5, 0.6) is 5.75 Å². The number of nitrogens with two attached hydrogens (primary N) is 3. The van der Waals surface area contributed by atoms with E-state index in [1.807, 2.05) is 6.08 Å². The first-order valence-corrected chi connectivity index (χ1v) is 14.5. The minimum absolute atomic E-state index is 0.146. The van der Waals surface area contributed by atoms with Crippen molar-refractivity contribution < 1.29 is 29.1 Å². The molecule has 0 radical (unpaired) electrons. The minimum atomic E-state index is -2.79. The largest absolute Gasteiger partial charge is 0.506 e. The molecule has 1 aromatic rings. The number of rotatable bonds is 3. The first kappa shape index (κ1) is 31.1. The molecule has 0 heterocycles. The Morgan fingerprint density at radius 1 is 1.07 bits per heavy atom. The van der Waals surface area contributed by atoms with Crippen LogP contribution in [0.3, 0.4) is 0 Å². The molecule has 1 amide bonds. The molecule has 4 aliphatic rings. The van der Waals surface area contributed by atoms with E-state index in [1.165, 1.54) is 19.0 Å². The summed E-state index contributed by atoms with van der Waals surface area (Å²) in [7, 11) is 6.41. The Kier molecular flexibility index (Phi) is 7.33. The van der Waals surface area contributed by atoms with E-state index in [-0.39, 0.29) is 17.5 Å². The van der Waals surface area contributed by atoms with Crippen molar-refractivity contribution in [3.8, 4) is 23.7 Å². The molecule has 2 unspecified atom stereocenters. The van der Waals surface area contributed by atoms with Gasteiger partial charge < -0.3 is 27.2 Å². The van der Waals surface area contributed by atoms with Crippen molar-refractivity contribution in [1.82, 2.24) is 4.90 Å². The van der Waals surface area contributed by atoms with Gasteiger partial charge in [0.2, 0.25) is 5.91 Å². The van der Waals surface area contributed by atoms with Gasteiger partial charge in [-0.25, -0.2) is 0 Å². The quantitative estimate of drug-likeness (QED) is 0.262. The normalized spacial score (nSPS) is 32.9. The number of aromatic hydroxyl groups is 1. The minimum Gasteiger partial charge on any atom is -0.506 e. The Hall–Kier alpha value is -4.36. The molecule has 1 aromatic carbocycles. The van der Waals surface area contributed by atoms with Crippen molar-refractivity contribution in [2.24, 2.45) is 34.5 Å². The summed E-state index contributed by atoms with van der Waals surface area (Å²) in [5, 5.41) is 22.0. The monoisotopic (exact) mass is 600 g/mol. The van der Waals surface area contributed by atoms with Gasteiger partial charge in [0.15, 0.2) is 34.5 Å². The molecule has 4 aliphatic carbocycles. The molecule has 2 saturated carbocycles. The maximum atomic E-state index is 14.5. The molecule has 6 atom stereocenters. The topological polar surface area (TPSA) is 214 Å². The van der Waals surface area contributed by atoms with E-state index in [1.54, 1.807) is 31.1 Å². The van der Waals surface area contributed by atoms with Crippen LogP contribution in [0.2, 0.25) is 0 Å². The van der Waals surface area contributed by atoms with E-state index in [0.29, 0.717) is 11.3 Å². The number of allylic oxidation sites excluding steroid dienone is 2. The second-order valence-electron chi connectivity index (χ2n) is 12.9. The van der Waals surface area contributed by atoms with Gasteiger partial charge >= 0.3 is 0 Å². The van der Waals surface area contributed by atoms with Gasteiger partial charge in [0.05, 0.1) is 28.8 Å². The summed E-state index contributed by atoms with van der Waals surface area (Å²) in [5.74, 6) is -4.02. The average molecular weight is 601 g/mol. The van der Waals surface area contributed by atoms with Crippen LogP contribution >= 0.6 is 0 Å². The summed E-state index contributed by atoms with van der Waals surface area (Å²) in [6.07, 6.45) is 5.21. The number of likely N-dealkylation sites (N-methyl/N-ethyl adjacent to an activating group) is 1. The third-order valence-corrected chi connectivity index (χ3v) is 9.70. The molecule has 0 saturated heterocycles. The average Bonchev–Trinajstić information content (AvgIpc) is 2.92. The number of benzene rings is 1.